The minimum absolute atomic E-state index is 0.00955. The van der Waals surface area contributed by atoms with E-state index >= 15 is 0 Å². The Morgan fingerprint density at radius 3 is 2.46 bits per heavy atom. The van der Waals surface area contributed by atoms with Crippen LogP contribution in [0.1, 0.15) is 36.6 Å². The Morgan fingerprint density at radius 2 is 1.89 bits per heavy atom. The van der Waals surface area contributed by atoms with Gasteiger partial charge in [-0.3, -0.25) is 4.79 Å². The Morgan fingerprint density at radius 1 is 1.18 bits per heavy atom. The maximum atomic E-state index is 12.6. The van der Waals surface area contributed by atoms with E-state index in [1.54, 1.807) is 12.1 Å². The van der Waals surface area contributed by atoms with Gasteiger partial charge in [0.05, 0.1) is 12.5 Å². The standard InChI is InChI=1S/C21H26N6O/c1-14(2)16-6-4-15(5-7-16)10-21(28)24-19-13-27(12-18(19)23-3)20-9-8-17(11-22)25-26-20/h4-9,14,18-19,23H,10,12-13H2,1-3H3,(H,24,28)/t18-,19+/m1/s1. The van der Waals surface area contributed by atoms with Crippen LogP contribution in [-0.2, 0) is 11.2 Å². The summed E-state index contributed by atoms with van der Waals surface area (Å²) in [6.45, 7) is 5.67. The van der Waals surface area contributed by atoms with Gasteiger partial charge in [-0.25, -0.2) is 0 Å². The number of nitriles is 1. The first-order valence-corrected chi connectivity index (χ1v) is 9.54. The molecular weight excluding hydrogens is 352 g/mol. The number of nitrogens with one attached hydrogen (secondary N) is 2. The van der Waals surface area contributed by atoms with Crippen molar-refractivity contribution in [2.24, 2.45) is 0 Å². The highest BCUT2D eigenvalue weighted by atomic mass is 16.1. The number of likely N-dealkylation sites (N-methyl/N-ethyl adjacent to an activating group) is 1. The predicted octanol–water partition coefficient (Wildman–Crippen LogP) is 1.61. The number of aromatic nitrogens is 2. The summed E-state index contributed by atoms with van der Waals surface area (Å²) in [5, 5.41) is 23.3. The second-order valence-electron chi connectivity index (χ2n) is 7.44. The molecule has 1 saturated heterocycles. The molecule has 1 aliphatic rings. The van der Waals surface area contributed by atoms with Gasteiger partial charge in [-0.05, 0) is 36.2 Å². The molecule has 7 nitrogen and oxygen atoms in total. The molecule has 28 heavy (non-hydrogen) atoms. The van der Waals surface area contributed by atoms with Crippen LogP contribution in [-0.4, -0.2) is 48.3 Å². The van der Waals surface area contributed by atoms with Gasteiger partial charge in [0.1, 0.15) is 6.07 Å². The van der Waals surface area contributed by atoms with Crippen LogP contribution in [0.25, 0.3) is 0 Å². The first kappa shape index (κ1) is 19.8. The molecule has 3 rings (SSSR count). The van der Waals surface area contributed by atoms with Crippen LogP contribution >= 0.6 is 0 Å². The second-order valence-corrected chi connectivity index (χ2v) is 7.44. The summed E-state index contributed by atoms with van der Waals surface area (Å²) < 4.78 is 0. The fourth-order valence-electron chi connectivity index (χ4n) is 3.45. The van der Waals surface area contributed by atoms with E-state index in [1.807, 2.05) is 25.2 Å². The van der Waals surface area contributed by atoms with Gasteiger partial charge < -0.3 is 15.5 Å². The zero-order chi connectivity index (χ0) is 20.1. The Balaban J connectivity index is 1.60. The number of rotatable bonds is 6. The predicted molar refractivity (Wildman–Crippen MR) is 108 cm³/mol. The molecule has 0 saturated carbocycles. The fraction of sp³-hybridized carbons (Fsp3) is 0.429. The molecule has 1 aromatic heterocycles. The molecule has 0 aliphatic carbocycles. The summed E-state index contributed by atoms with van der Waals surface area (Å²) in [4.78, 5) is 14.6. The number of carbonyl (C=O) groups excluding carboxylic acids is 1. The summed E-state index contributed by atoms with van der Waals surface area (Å²) >= 11 is 0. The third kappa shape index (κ3) is 4.65. The van der Waals surface area contributed by atoms with Crippen molar-refractivity contribution in [3.63, 3.8) is 0 Å². The van der Waals surface area contributed by atoms with Gasteiger partial charge in [-0.1, -0.05) is 38.1 Å². The number of nitrogens with zero attached hydrogens (tertiary/aromatic N) is 4. The summed E-state index contributed by atoms with van der Waals surface area (Å²) in [5.41, 5.74) is 2.58. The van der Waals surface area contributed by atoms with E-state index < -0.39 is 0 Å². The van der Waals surface area contributed by atoms with E-state index in [0.717, 1.165) is 5.56 Å². The average Bonchev–Trinajstić information content (AvgIpc) is 3.11. The molecule has 2 N–H and O–H groups in total. The van der Waals surface area contributed by atoms with Crippen molar-refractivity contribution >= 4 is 11.7 Å². The van der Waals surface area contributed by atoms with Gasteiger partial charge in [0.15, 0.2) is 11.5 Å². The molecule has 2 aromatic rings. The monoisotopic (exact) mass is 378 g/mol. The van der Waals surface area contributed by atoms with Crippen LogP contribution in [0.5, 0.6) is 0 Å². The molecule has 2 heterocycles. The van der Waals surface area contributed by atoms with Crippen LogP contribution in [0.4, 0.5) is 5.82 Å². The van der Waals surface area contributed by atoms with Gasteiger partial charge in [0.25, 0.3) is 0 Å². The third-order valence-electron chi connectivity index (χ3n) is 5.14. The lowest BCUT2D eigenvalue weighted by atomic mass is 10.0. The van der Waals surface area contributed by atoms with Crippen molar-refractivity contribution < 1.29 is 4.79 Å². The van der Waals surface area contributed by atoms with Crippen molar-refractivity contribution in [3.8, 4) is 6.07 Å². The number of hydrogen-bond donors (Lipinski definition) is 2. The molecular formula is C21H26N6O. The molecule has 0 unspecified atom stereocenters. The fourth-order valence-corrected chi connectivity index (χ4v) is 3.45. The third-order valence-corrected chi connectivity index (χ3v) is 5.14. The molecule has 146 valence electrons. The van der Waals surface area contributed by atoms with Gasteiger partial charge in [0, 0.05) is 19.1 Å². The quantitative estimate of drug-likeness (QED) is 0.793. The number of hydrogen-bond acceptors (Lipinski definition) is 6. The van der Waals surface area contributed by atoms with Crippen molar-refractivity contribution in [1.29, 1.82) is 5.26 Å². The topological polar surface area (TPSA) is 93.9 Å². The highest BCUT2D eigenvalue weighted by Gasteiger charge is 2.33. The lowest BCUT2D eigenvalue weighted by Crippen LogP contribution is -2.48. The largest absolute Gasteiger partial charge is 0.351 e. The normalized spacial score (nSPS) is 18.9. The minimum Gasteiger partial charge on any atom is -0.351 e. The SMILES string of the molecule is CN[C@@H]1CN(c2ccc(C#N)nn2)C[C@@H]1NC(=O)Cc1ccc(C(C)C)cc1. The van der Waals surface area contributed by atoms with Crippen LogP contribution in [0, 0.1) is 11.3 Å². The number of benzene rings is 1. The number of carbonyl (C=O) groups is 1. The van der Waals surface area contributed by atoms with E-state index in [9.17, 15) is 4.79 Å². The highest BCUT2D eigenvalue weighted by Crippen LogP contribution is 2.19. The maximum absolute atomic E-state index is 12.6. The smallest absolute Gasteiger partial charge is 0.224 e. The molecule has 0 bridgehead atoms. The van der Waals surface area contributed by atoms with Crippen molar-refractivity contribution in [1.82, 2.24) is 20.8 Å². The summed E-state index contributed by atoms with van der Waals surface area (Å²) in [6.07, 6.45) is 0.363. The van der Waals surface area contributed by atoms with E-state index in [1.165, 1.54) is 5.56 Å². The number of amides is 1. The molecule has 1 amide bonds. The zero-order valence-electron chi connectivity index (χ0n) is 16.5. The Kier molecular flexibility index (Phi) is 6.22. The van der Waals surface area contributed by atoms with Gasteiger partial charge in [-0.2, -0.15) is 5.26 Å². The minimum atomic E-state index is -0.0233. The molecule has 1 aliphatic heterocycles. The molecule has 0 radical (unpaired) electrons. The van der Waals surface area contributed by atoms with Crippen molar-refractivity contribution in [2.75, 3.05) is 25.0 Å². The Hall–Kier alpha value is -2.98. The second kappa shape index (κ2) is 8.81. The van der Waals surface area contributed by atoms with Gasteiger partial charge in [-0.15, -0.1) is 10.2 Å². The van der Waals surface area contributed by atoms with Crippen molar-refractivity contribution in [2.45, 2.75) is 38.3 Å². The first-order valence-electron chi connectivity index (χ1n) is 9.54. The first-order chi connectivity index (χ1) is 13.5. The van der Waals surface area contributed by atoms with Crippen molar-refractivity contribution in [3.05, 3.63) is 53.2 Å². The Bertz CT molecular complexity index is 841. The highest BCUT2D eigenvalue weighted by molar-refractivity contribution is 5.79. The van der Waals surface area contributed by atoms with Crippen LogP contribution in [0.3, 0.4) is 0 Å². The van der Waals surface area contributed by atoms with Gasteiger partial charge in [0.2, 0.25) is 5.91 Å². The van der Waals surface area contributed by atoms with E-state index in [2.05, 4.69) is 51.7 Å². The zero-order valence-corrected chi connectivity index (χ0v) is 16.5. The lowest BCUT2D eigenvalue weighted by Gasteiger charge is -2.19. The van der Waals surface area contributed by atoms with Crippen LogP contribution in [0.2, 0.25) is 0 Å². The lowest BCUT2D eigenvalue weighted by molar-refractivity contribution is -0.121. The van der Waals surface area contributed by atoms with Crippen LogP contribution in [0.15, 0.2) is 36.4 Å². The summed E-state index contributed by atoms with van der Waals surface area (Å²) in [5.74, 6) is 1.20. The summed E-state index contributed by atoms with van der Waals surface area (Å²) in [6, 6.07) is 13.7. The Labute approximate surface area is 165 Å². The van der Waals surface area contributed by atoms with Gasteiger partial charge >= 0.3 is 0 Å². The maximum Gasteiger partial charge on any atom is 0.224 e. The summed E-state index contributed by atoms with van der Waals surface area (Å²) in [7, 11) is 1.89. The van der Waals surface area contributed by atoms with E-state index in [-0.39, 0.29) is 18.0 Å². The molecule has 0 spiro atoms. The molecule has 7 heteroatoms. The molecule has 1 fully saturated rings. The number of anilines is 1. The average molecular weight is 378 g/mol. The van der Waals surface area contributed by atoms with E-state index in [0.29, 0.717) is 36.9 Å². The van der Waals surface area contributed by atoms with Crippen LogP contribution < -0.4 is 15.5 Å². The molecule has 1 aromatic carbocycles. The molecule has 2 atom stereocenters. The van der Waals surface area contributed by atoms with E-state index in [4.69, 9.17) is 5.26 Å².